The van der Waals surface area contributed by atoms with Crippen molar-refractivity contribution in [3.63, 3.8) is 0 Å². The van der Waals surface area contributed by atoms with Gasteiger partial charge in [0.25, 0.3) is 0 Å². The lowest BCUT2D eigenvalue weighted by Crippen LogP contribution is -2.17. The third-order valence-electron chi connectivity index (χ3n) is 3.19. The van der Waals surface area contributed by atoms with Gasteiger partial charge in [-0.25, -0.2) is 8.42 Å². The summed E-state index contributed by atoms with van der Waals surface area (Å²) in [7, 11) is -3.29. The van der Waals surface area contributed by atoms with Gasteiger partial charge in [-0.15, -0.1) is 0 Å². The van der Waals surface area contributed by atoms with Crippen molar-refractivity contribution in [3.05, 3.63) is 69.7 Å². The molecule has 0 aliphatic heterocycles. The predicted molar refractivity (Wildman–Crippen MR) is 88.8 cm³/mol. The SMILES string of the molecule is CCCS(=O)(=O)C(c1ccc(Cl)cc1)c1ccc(Cl)cc1. The highest BCUT2D eigenvalue weighted by atomic mass is 35.5. The van der Waals surface area contributed by atoms with Crippen molar-refractivity contribution in [2.45, 2.75) is 18.6 Å². The van der Waals surface area contributed by atoms with Gasteiger partial charge in [-0.1, -0.05) is 54.4 Å². The van der Waals surface area contributed by atoms with Crippen molar-refractivity contribution >= 4 is 33.0 Å². The Hall–Kier alpha value is -1.03. The average Bonchev–Trinajstić information content (AvgIpc) is 2.43. The molecule has 0 aliphatic carbocycles. The Labute approximate surface area is 135 Å². The van der Waals surface area contributed by atoms with Gasteiger partial charge in [0.15, 0.2) is 9.84 Å². The first-order valence-electron chi connectivity index (χ1n) is 6.66. The van der Waals surface area contributed by atoms with Gasteiger partial charge in [0.2, 0.25) is 0 Å². The Morgan fingerprint density at radius 2 is 1.24 bits per heavy atom. The van der Waals surface area contributed by atoms with Crippen LogP contribution in [-0.4, -0.2) is 14.2 Å². The minimum atomic E-state index is -3.29. The largest absolute Gasteiger partial charge is 0.228 e. The first-order valence-corrected chi connectivity index (χ1v) is 9.13. The molecule has 0 heterocycles. The lowest BCUT2D eigenvalue weighted by molar-refractivity contribution is 0.587. The third-order valence-corrected chi connectivity index (χ3v) is 5.94. The molecule has 0 aromatic heterocycles. The van der Waals surface area contributed by atoms with Crippen molar-refractivity contribution in [2.24, 2.45) is 0 Å². The minimum absolute atomic E-state index is 0.142. The maximum atomic E-state index is 12.6. The Balaban J connectivity index is 2.54. The van der Waals surface area contributed by atoms with E-state index in [0.29, 0.717) is 16.5 Å². The zero-order valence-electron chi connectivity index (χ0n) is 11.6. The van der Waals surface area contributed by atoms with Gasteiger partial charge in [-0.05, 0) is 41.8 Å². The fraction of sp³-hybridized carbons (Fsp3) is 0.250. The summed E-state index contributed by atoms with van der Waals surface area (Å²) in [6.07, 6.45) is 0.583. The first kappa shape index (κ1) is 16.3. The van der Waals surface area contributed by atoms with Gasteiger partial charge < -0.3 is 0 Å². The van der Waals surface area contributed by atoms with Gasteiger partial charge in [0, 0.05) is 10.0 Å². The van der Waals surface area contributed by atoms with E-state index in [1.54, 1.807) is 48.5 Å². The molecular formula is C16H16Cl2O2S. The highest BCUT2D eigenvalue weighted by Gasteiger charge is 2.28. The van der Waals surface area contributed by atoms with Crippen molar-refractivity contribution in [2.75, 3.05) is 5.75 Å². The van der Waals surface area contributed by atoms with Crippen LogP contribution >= 0.6 is 23.2 Å². The summed E-state index contributed by atoms with van der Waals surface area (Å²) in [6, 6.07) is 13.9. The van der Waals surface area contributed by atoms with Crippen LogP contribution in [0.4, 0.5) is 0 Å². The van der Waals surface area contributed by atoms with Gasteiger partial charge >= 0.3 is 0 Å². The maximum absolute atomic E-state index is 12.6. The number of hydrogen-bond donors (Lipinski definition) is 0. The van der Waals surface area contributed by atoms with E-state index in [1.807, 2.05) is 6.92 Å². The molecule has 0 saturated carbocycles. The first-order chi connectivity index (χ1) is 9.94. The molecular weight excluding hydrogens is 327 g/mol. The topological polar surface area (TPSA) is 34.1 Å². The Bertz CT molecular complexity index is 647. The van der Waals surface area contributed by atoms with Crippen molar-refractivity contribution in [1.29, 1.82) is 0 Å². The van der Waals surface area contributed by atoms with E-state index >= 15 is 0 Å². The highest BCUT2D eigenvalue weighted by molar-refractivity contribution is 7.91. The number of sulfone groups is 1. The molecule has 2 aromatic rings. The number of benzene rings is 2. The van der Waals surface area contributed by atoms with Gasteiger partial charge in [-0.2, -0.15) is 0 Å². The van der Waals surface area contributed by atoms with Crippen LogP contribution < -0.4 is 0 Å². The predicted octanol–water partition coefficient (Wildman–Crippen LogP) is 4.91. The van der Waals surface area contributed by atoms with E-state index in [4.69, 9.17) is 23.2 Å². The second kappa shape index (κ2) is 6.82. The monoisotopic (exact) mass is 342 g/mol. The highest BCUT2D eigenvalue weighted by Crippen LogP contribution is 2.32. The summed E-state index contributed by atoms with van der Waals surface area (Å²) in [5.41, 5.74) is 1.44. The third kappa shape index (κ3) is 4.00. The van der Waals surface area contributed by atoms with E-state index in [9.17, 15) is 8.42 Å². The van der Waals surface area contributed by atoms with Gasteiger partial charge in [0.1, 0.15) is 5.25 Å². The Morgan fingerprint density at radius 3 is 1.57 bits per heavy atom. The molecule has 2 nitrogen and oxygen atoms in total. The second-order valence-corrected chi connectivity index (χ2v) is 7.93. The summed E-state index contributed by atoms with van der Waals surface area (Å²) < 4.78 is 25.3. The molecule has 0 N–H and O–H groups in total. The average molecular weight is 343 g/mol. The van der Waals surface area contributed by atoms with Crippen LogP contribution in [0.25, 0.3) is 0 Å². The van der Waals surface area contributed by atoms with Crippen molar-refractivity contribution in [1.82, 2.24) is 0 Å². The number of hydrogen-bond acceptors (Lipinski definition) is 2. The molecule has 112 valence electrons. The van der Waals surface area contributed by atoms with Crippen LogP contribution in [-0.2, 0) is 9.84 Å². The zero-order valence-corrected chi connectivity index (χ0v) is 13.9. The molecule has 0 spiro atoms. The van der Waals surface area contributed by atoms with Gasteiger partial charge in [-0.3, -0.25) is 0 Å². The summed E-state index contributed by atoms with van der Waals surface area (Å²) in [4.78, 5) is 0. The molecule has 0 atom stereocenters. The van der Waals surface area contributed by atoms with Crippen molar-refractivity contribution in [3.8, 4) is 0 Å². The van der Waals surface area contributed by atoms with Gasteiger partial charge in [0.05, 0.1) is 5.75 Å². The van der Waals surface area contributed by atoms with Crippen LogP contribution in [0.1, 0.15) is 29.7 Å². The summed E-state index contributed by atoms with van der Waals surface area (Å²) in [5, 5.41) is 0.481. The molecule has 0 amide bonds. The van der Waals surface area contributed by atoms with Crippen LogP contribution in [0, 0.1) is 0 Å². The molecule has 5 heteroatoms. The molecule has 0 radical (unpaired) electrons. The van der Waals surface area contributed by atoms with Crippen LogP contribution in [0.15, 0.2) is 48.5 Å². The zero-order chi connectivity index (χ0) is 15.5. The minimum Gasteiger partial charge on any atom is -0.228 e. The molecule has 21 heavy (non-hydrogen) atoms. The smallest absolute Gasteiger partial charge is 0.161 e. The molecule has 2 aromatic carbocycles. The van der Waals surface area contributed by atoms with E-state index in [2.05, 4.69) is 0 Å². The van der Waals surface area contributed by atoms with Crippen LogP contribution in [0.2, 0.25) is 10.0 Å². The lowest BCUT2D eigenvalue weighted by Gasteiger charge is -2.18. The number of rotatable bonds is 5. The summed E-state index contributed by atoms with van der Waals surface area (Å²) in [6.45, 7) is 1.86. The molecule has 0 bridgehead atoms. The second-order valence-electron chi connectivity index (χ2n) is 4.85. The fourth-order valence-corrected chi connectivity index (χ4v) is 4.48. The molecule has 0 fully saturated rings. The lowest BCUT2D eigenvalue weighted by atomic mass is 10.0. The van der Waals surface area contributed by atoms with E-state index in [-0.39, 0.29) is 5.75 Å². The quantitative estimate of drug-likeness (QED) is 0.773. The van der Waals surface area contributed by atoms with E-state index in [0.717, 1.165) is 11.1 Å². The van der Waals surface area contributed by atoms with E-state index < -0.39 is 15.1 Å². The maximum Gasteiger partial charge on any atom is 0.161 e. The Morgan fingerprint density at radius 1 is 0.857 bits per heavy atom. The van der Waals surface area contributed by atoms with Crippen LogP contribution in [0.3, 0.4) is 0 Å². The van der Waals surface area contributed by atoms with Crippen molar-refractivity contribution < 1.29 is 8.42 Å². The number of halogens is 2. The molecule has 2 rings (SSSR count). The molecule has 0 unspecified atom stereocenters. The summed E-state index contributed by atoms with van der Waals surface area (Å²) >= 11 is 11.8. The normalized spacial score (nSPS) is 11.8. The molecule has 0 aliphatic rings. The van der Waals surface area contributed by atoms with E-state index in [1.165, 1.54) is 0 Å². The standard InChI is InChI=1S/C16H16Cl2O2S/c1-2-11-21(19,20)16(12-3-7-14(17)8-4-12)13-5-9-15(18)10-6-13/h3-10,16H,2,11H2,1H3. The fourth-order valence-electron chi connectivity index (χ4n) is 2.28. The Kier molecular flexibility index (Phi) is 5.31. The summed E-state index contributed by atoms with van der Waals surface area (Å²) in [5.74, 6) is 0.142. The van der Waals surface area contributed by atoms with Crippen LogP contribution in [0.5, 0.6) is 0 Å². The molecule has 0 saturated heterocycles.